The Labute approximate surface area is 142 Å². The molecule has 1 aromatic heterocycles. The summed E-state index contributed by atoms with van der Waals surface area (Å²) < 4.78 is 5.20. The molecule has 0 fully saturated rings. The number of rotatable bonds is 5. The summed E-state index contributed by atoms with van der Waals surface area (Å²) in [6.07, 6.45) is 0.602. The summed E-state index contributed by atoms with van der Waals surface area (Å²) in [7, 11) is 0. The van der Waals surface area contributed by atoms with Crippen LogP contribution in [0.5, 0.6) is 0 Å². The van der Waals surface area contributed by atoms with Crippen molar-refractivity contribution in [1.82, 2.24) is 4.98 Å². The van der Waals surface area contributed by atoms with E-state index in [0.29, 0.717) is 5.56 Å². The minimum absolute atomic E-state index is 0.125. The van der Waals surface area contributed by atoms with Crippen LogP contribution in [0.3, 0.4) is 0 Å². The Kier molecular flexibility index (Phi) is 4.30. The number of aromatic amines is 1. The van der Waals surface area contributed by atoms with Gasteiger partial charge in [-0.3, -0.25) is 14.9 Å². The molecule has 1 atom stereocenters. The fourth-order valence-electron chi connectivity index (χ4n) is 2.50. The molecular formula is C18H14N2O5. The molecule has 0 spiro atoms. The minimum atomic E-state index is -0.984. The molecule has 3 aromatic rings. The number of H-pyrrole nitrogens is 1. The van der Waals surface area contributed by atoms with Gasteiger partial charge in [-0.05, 0) is 25.1 Å². The standard InChI is InChI=1S/C18H14N2O5/c1-11(17(21)15-10-19-16-5-3-2-4-14(15)16)25-18(22)12-6-8-13(9-7-12)20(23)24/h2-11,19H,1H3. The second kappa shape index (κ2) is 6.56. The lowest BCUT2D eigenvalue weighted by Crippen LogP contribution is -2.24. The molecule has 0 aliphatic heterocycles. The van der Waals surface area contributed by atoms with E-state index in [2.05, 4.69) is 4.98 Å². The normalized spacial score (nSPS) is 11.9. The first-order valence-corrected chi connectivity index (χ1v) is 7.53. The van der Waals surface area contributed by atoms with Crippen LogP contribution in [-0.2, 0) is 4.74 Å². The van der Waals surface area contributed by atoms with Gasteiger partial charge in [0.05, 0.1) is 10.5 Å². The van der Waals surface area contributed by atoms with Crippen molar-refractivity contribution in [2.75, 3.05) is 0 Å². The summed E-state index contributed by atoms with van der Waals surface area (Å²) in [6, 6.07) is 12.3. The maximum Gasteiger partial charge on any atom is 0.338 e. The van der Waals surface area contributed by atoms with Crippen LogP contribution in [-0.4, -0.2) is 27.8 Å². The van der Waals surface area contributed by atoms with Gasteiger partial charge in [0.1, 0.15) is 0 Å². The van der Waals surface area contributed by atoms with Gasteiger partial charge < -0.3 is 9.72 Å². The lowest BCUT2D eigenvalue weighted by Gasteiger charge is -2.12. The van der Waals surface area contributed by atoms with Crippen LogP contribution < -0.4 is 0 Å². The van der Waals surface area contributed by atoms with Gasteiger partial charge >= 0.3 is 5.97 Å². The second-order valence-corrected chi connectivity index (χ2v) is 5.46. The second-order valence-electron chi connectivity index (χ2n) is 5.46. The van der Waals surface area contributed by atoms with E-state index in [0.717, 1.165) is 10.9 Å². The number of hydrogen-bond donors (Lipinski definition) is 1. The number of carbonyl (C=O) groups is 2. The van der Waals surface area contributed by atoms with E-state index in [1.165, 1.54) is 31.2 Å². The van der Waals surface area contributed by atoms with Crippen LogP contribution in [0, 0.1) is 10.1 Å². The number of ether oxygens (including phenoxy) is 1. The number of Topliss-reactive ketones (excluding diaryl/α,β-unsaturated/α-hetero) is 1. The lowest BCUT2D eigenvalue weighted by molar-refractivity contribution is -0.384. The molecule has 0 amide bonds. The molecule has 0 bridgehead atoms. The summed E-state index contributed by atoms with van der Waals surface area (Å²) in [5.41, 5.74) is 1.28. The van der Waals surface area contributed by atoms with E-state index < -0.39 is 17.0 Å². The van der Waals surface area contributed by atoms with Gasteiger partial charge in [-0.15, -0.1) is 0 Å². The number of nitrogens with one attached hydrogen (secondary N) is 1. The third kappa shape index (κ3) is 3.25. The maximum absolute atomic E-state index is 12.5. The van der Waals surface area contributed by atoms with Crippen molar-refractivity contribution < 1.29 is 19.2 Å². The van der Waals surface area contributed by atoms with Crippen LogP contribution in [0.4, 0.5) is 5.69 Å². The third-order valence-electron chi connectivity index (χ3n) is 3.82. The number of esters is 1. The third-order valence-corrected chi connectivity index (χ3v) is 3.82. The Bertz CT molecular complexity index is 959. The number of nitro benzene ring substituents is 1. The van der Waals surface area contributed by atoms with Gasteiger partial charge in [-0.25, -0.2) is 4.79 Å². The summed E-state index contributed by atoms with van der Waals surface area (Å²) in [5.74, 6) is -1.04. The van der Waals surface area contributed by atoms with Gasteiger partial charge in [0, 0.05) is 34.8 Å². The highest BCUT2D eigenvalue weighted by molar-refractivity contribution is 6.10. The number of non-ortho nitro benzene ring substituents is 1. The highest BCUT2D eigenvalue weighted by atomic mass is 16.6. The Hall–Kier alpha value is -3.48. The molecule has 1 unspecified atom stereocenters. The number of carbonyl (C=O) groups excluding carboxylic acids is 2. The molecule has 7 heteroatoms. The quantitative estimate of drug-likeness (QED) is 0.332. The van der Waals surface area contributed by atoms with Gasteiger partial charge in [-0.2, -0.15) is 0 Å². The van der Waals surface area contributed by atoms with E-state index in [1.807, 2.05) is 24.3 Å². The first kappa shape index (κ1) is 16.4. The fourth-order valence-corrected chi connectivity index (χ4v) is 2.50. The molecule has 1 heterocycles. The van der Waals surface area contributed by atoms with Crippen molar-refractivity contribution in [3.05, 3.63) is 76.0 Å². The Morgan fingerprint density at radius 2 is 1.80 bits per heavy atom. The maximum atomic E-state index is 12.5. The Morgan fingerprint density at radius 1 is 1.12 bits per heavy atom. The lowest BCUT2D eigenvalue weighted by atomic mass is 10.1. The Morgan fingerprint density at radius 3 is 2.48 bits per heavy atom. The summed E-state index contributed by atoms with van der Waals surface area (Å²) >= 11 is 0. The monoisotopic (exact) mass is 338 g/mol. The number of para-hydroxylation sites is 1. The zero-order valence-electron chi connectivity index (χ0n) is 13.3. The average molecular weight is 338 g/mol. The summed E-state index contributed by atoms with van der Waals surface area (Å²) in [4.78, 5) is 37.7. The molecule has 1 N–H and O–H groups in total. The zero-order chi connectivity index (χ0) is 18.0. The molecular weight excluding hydrogens is 324 g/mol. The van der Waals surface area contributed by atoms with Crippen LogP contribution in [0.2, 0.25) is 0 Å². The van der Waals surface area contributed by atoms with Crippen LogP contribution in [0.15, 0.2) is 54.7 Å². The molecule has 25 heavy (non-hydrogen) atoms. The predicted octanol–water partition coefficient (Wildman–Crippen LogP) is 3.50. The molecule has 0 aliphatic rings. The number of fused-ring (bicyclic) bond motifs is 1. The van der Waals surface area contributed by atoms with E-state index in [-0.39, 0.29) is 17.0 Å². The number of ketones is 1. The molecule has 7 nitrogen and oxygen atoms in total. The van der Waals surface area contributed by atoms with Crippen molar-refractivity contribution in [2.45, 2.75) is 13.0 Å². The molecule has 126 valence electrons. The van der Waals surface area contributed by atoms with Crippen molar-refractivity contribution in [3.63, 3.8) is 0 Å². The molecule has 0 aliphatic carbocycles. The number of aromatic nitrogens is 1. The van der Waals surface area contributed by atoms with Crippen LogP contribution in [0.25, 0.3) is 10.9 Å². The SMILES string of the molecule is CC(OC(=O)c1ccc([N+](=O)[O-])cc1)C(=O)c1c[nH]c2ccccc12. The van der Waals surface area contributed by atoms with Crippen molar-refractivity contribution >= 4 is 28.3 Å². The fraction of sp³-hybridized carbons (Fsp3) is 0.111. The summed E-state index contributed by atoms with van der Waals surface area (Å²) in [6.45, 7) is 1.49. The number of nitrogens with zero attached hydrogens (tertiary/aromatic N) is 1. The molecule has 3 rings (SSSR count). The van der Waals surface area contributed by atoms with Gasteiger partial charge in [0.15, 0.2) is 6.10 Å². The smallest absolute Gasteiger partial charge is 0.338 e. The predicted molar refractivity (Wildman–Crippen MR) is 90.6 cm³/mol. The molecule has 2 aromatic carbocycles. The number of nitro groups is 1. The first-order chi connectivity index (χ1) is 12.0. The first-order valence-electron chi connectivity index (χ1n) is 7.53. The Balaban J connectivity index is 1.74. The van der Waals surface area contributed by atoms with Crippen molar-refractivity contribution in [3.8, 4) is 0 Å². The molecule has 0 saturated carbocycles. The van der Waals surface area contributed by atoms with Gasteiger partial charge in [0.25, 0.3) is 5.69 Å². The van der Waals surface area contributed by atoms with Crippen molar-refractivity contribution in [1.29, 1.82) is 0 Å². The van der Waals surface area contributed by atoms with E-state index in [4.69, 9.17) is 4.74 Å². The zero-order valence-corrected chi connectivity index (χ0v) is 13.3. The largest absolute Gasteiger partial charge is 0.451 e. The highest BCUT2D eigenvalue weighted by Crippen LogP contribution is 2.20. The molecule has 0 saturated heterocycles. The highest BCUT2D eigenvalue weighted by Gasteiger charge is 2.23. The minimum Gasteiger partial charge on any atom is -0.451 e. The topological polar surface area (TPSA) is 102 Å². The average Bonchev–Trinajstić information content (AvgIpc) is 3.05. The summed E-state index contributed by atoms with van der Waals surface area (Å²) in [5, 5.41) is 11.4. The number of hydrogen-bond acceptors (Lipinski definition) is 5. The van der Waals surface area contributed by atoms with Crippen molar-refractivity contribution in [2.24, 2.45) is 0 Å². The van der Waals surface area contributed by atoms with Gasteiger partial charge in [0.2, 0.25) is 5.78 Å². The van der Waals surface area contributed by atoms with Crippen LogP contribution >= 0.6 is 0 Å². The van der Waals surface area contributed by atoms with E-state index >= 15 is 0 Å². The molecule has 0 radical (unpaired) electrons. The number of benzene rings is 2. The van der Waals surface area contributed by atoms with Crippen LogP contribution in [0.1, 0.15) is 27.6 Å². The van der Waals surface area contributed by atoms with E-state index in [9.17, 15) is 19.7 Å². The van der Waals surface area contributed by atoms with Gasteiger partial charge in [-0.1, -0.05) is 18.2 Å². The van der Waals surface area contributed by atoms with E-state index in [1.54, 1.807) is 6.20 Å².